The second kappa shape index (κ2) is 6.91. The maximum Gasteiger partial charge on any atom is 0.163 e. The lowest BCUT2D eigenvalue weighted by molar-refractivity contribution is 0.0962. The zero-order valence-electron chi connectivity index (χ0n) is 10.5. The molecule has 0 saturated heterocycles. The van der Waals surface area contributed by atoms with Gasteiger partial charge in [0.15, 0.2) is 5.78 Å². The Morgan fingerprint density at radius 1 is 1.06 bits per heavy atom. The molecular weight excluding hydrogens is 220 g/mol. The van der Waals surface area contributed by atoms with Gasteiger partial charge in [-0.05, 0) is 18.6 Å². The monoisotopic (exact) mass is 238 g/mol. The van der Waals surface area contributed by atoms with E-state index in [1.54, 1.807) is 39.5 Å². The van der Waals surface area contributed by atoms with Crippen molar-refractivity contribution in [3.05, 3.63) is 23.8 Å². The van der Waals surface area contributed by atoms with Crippen molar-refractivity contribution in [1.82, 2.24) is 0 Å². The third kappa shape index (κ3) is 4.07. The van der Waals surface area contributed by atoms with Crippen molar-refractivity contribution < 1.29 is 19.0 Å². The van der Waals surface area contributed by atoms with E-state index in [1.165, 1.54) is 0 Å². The van der Waals surface area contributed by atoms with Crippen molar-refractivity contribution in [2.75, 3.05) is 27.9 Å². The standard InChI is InChI=1S/C13H18O4/c1-15-6-4-5-13(14)10-7-11(16-2)9-12(8-10)17-3/h7-9H,4-6H2,1-3H3. The largest absolute Gasteiger partial charge is 0.497 e. The van der Waals surface area contributed by atoms with Gasteiger partial charge in [0.1, 0.15) is 11.5 Å². The van der Waals surface area contributed by atoms with Crippen LogP contribution >= 0.6 is 0 Å². The Morgan fingerprint density at radius 3 is 2.12 bits per heavy atom. The van der Waals surface area contributed by atoms with E-state index in [2.05, 4.69) is 0 Å². The zero-order valence-corrected chi connectivity index (χ0v) is 10.5. The number of hydrogen-bond acceptors (Lipinski definition) is 4. The molecule has 0 radical (unpaired) electrons. The molecule has 0 fully saturated rings. The molecule has 0 aliphatic rings. The average molecular weight is 238 g/mol. The van der Waals surface area contributed by atoms with Gasteiger partial charge in [-0.1, -0.05) is 0 Å². The Bertz CT molecular complexity index is 351. The van der Waals surface area contributed by atoms with Gasteiger partial charge >= 0.3 is 0 Å². The summed E-state index contributed by atoms with van der Waals surface area (Å²) in [5.74, 6) is 1.32. The SMILES string of the molecule is COCCCC(=O)c1cc(OC)cc(OC)c1. The van der Waals surface area contributed by atoms with Crippen molar-refractivity contribution in [2.45, 2.75) is 12.8 Å². The van der Waals surface area contributed by atoms with Crippen LogP contribution in [0.3, 0.4) is 0 Å². The summed E-state index contributed by atoms with van der Waals surface area (Å²) in [4.78, 5) is 11.9. The quantitative estimate of drug-likeness (QED) is 0.540. The second-order valence-electron chi connectivity index (χ2n) is 3.62. The molecule has 0 aliphatic carbocycles. The molecule has 0 amide bonds. The van der Waals surface area contributed by atoms with Crippen LogP contribution in [0.25, 0.3) is 0 Å². The van der Waals surface area contributed by atoms with Gasteiger partial charge in [0, 0.05) is 31.8 Å². The lowest BCUT2D eigenvalue weighted by Gasteiger charge is -2.07. The maximum absolute atomic E-state index is 11.9. The summed E-state index contributed by atoms with van der Waals surface area (Å²) in [6.45, 7) is 0.590. The fraction of sp³-hybridized carbons (Fsp3) is 0.462. The van der Waals surface area contributed by atoms with Crippen LogP contribution in [0.2, 0.25) is 0 Å². The van der Waals surface area contributed by atoms with Crippen LogP contribution in [0.15, 0.2) is 18.2 Å². The Hall–Kier alpha value is -1.55. The van der Waals surface area contributed by atoms with E-state index < -0.39 is 0 Å². The molecule has 0 unspecified atom stereocenters. The number of hydrogen-bond donors (Lipinski definition) is 0. The number of Topliss-reactive ketones (excluding diaryl/α,β-unsaturated/α-hetero) is 1. The summed E-state index contributed by atoms with van der Waals surface area (Å²) < 4.78 is 15.1. The van der Waals surface area contributed by atoms with Crippen molar-refractivity contribution in [3.8, 4) is 11.5 Å². The third-order valence-corrected chi connectivity index (χ3v) is 2.43. The van der Waals surface area contributed by atoms with E-state index in [0.29, 0.717) is 30.1 Å². The predicted octanol–water partition coefficient (Wildman–Crippen LogP) is 2.31. The Kier molecular flexibility index (Phi) is 5.49. The molecule has 0 saturated carbocycles. The fourth-order valence-corrected chi connectivity index (χ4v) is 1.49. The third-order valence-electron chi connectivity index (χ3n) is 2.43. The van der Waals surface area contributed by atoms with Gasteiger partial charge in [0.25, 0.3) is 0 Å². The Morgan fingerprint density at radius 2 is 1.65 bits per heavy atom. The Balaban J connectivity index is 2.77. The van der Waals surface area contributed by atoms with Gasteiger partial charge in [0.2, 0.25) is 0 Å². The number of carbonyl (C=O) groups is 1. The summed E-state index contributed by atoms with van der Waals surface area (Å²) in [5.41, 5.74) is 0.609. The molecule has 0 N–H and O–H groups in total. The smallest absolute Gasteiger partial charge is 0.163 e. The first kappa shape index (κ1) is 13.5. The van der Waals surface area contributed by atoms with Gasteiger partial charge < -0.3 is 14.2 Å². The van der Waals surface area contributed by atoms with Gasteiger partial charge in [-0.3, -0.25) is 4.79 Å². The van der Waals surface area contributed by atoms with Crippen molar-refractivity contribution in [1.29, 1.82) is 0 Å². The van der Waals surface area contributed by atoms with Crippen LogP contribution in [-0.4, -0.2) is 33.7 Å². The number of rotatable bonds is 7. The molecule has 0 spiro atoms. The Labute approximate surface area is 101 Å². The normalized spacial score (nSPS) is 10.1. The number of carbonyl (C=O) groups excluding carboxylic acids is 1. The highest BCUT2D eigenvalue weighted by atomic mass is 16.5. The molecule has 4 nitrogen and oxygen atoms in total. The van der Waals surface area contributed by atoms with Gasteiger partial charge in [-0.2, -0.15) is 0 Å². The number of ketones is 1. The molecule has 1 aromatic rings. The summed E-state index contributed by atoms with van der Waals surface area (Å²) in [5, 5.41) is 0. The number of ether oxygens (including phenoxy) is 3. The number of methoxy groups -OCH3 is 3. The lowest BCUT2D eigenvalue weighted by Crippen LogP contribution is -2.02. The van der Waals surface area contributed by atoms with Crippen LogP contribution in [0.1, 0.15) is 23.2 Å². The first-order chi connectivity index (χ1) is 8.21. The molecule has 0 bridgehead atoms. The zero-order chi connectivity index (χ0) is 12.7. The number of benzene rings is 1. The lowest BCUT2D eigenvalue weighted by atomic mass is 10.1. The summed E-state index contributed by atoms with van der Waals surface area (Å²) >= 11 is 0. The van der Waals surface area contributed by atoms with Crippen molar-refractivity contribution >= 4 is 5.78 Å². The van der Waals surface area contributed by atoms with Crippen molar-refractivity contribution in [2.24, 2.45) is 0 Å². The molecule has 0 aliphatic heterocycles. The predicted molar refractivity (Wildman–Crippen MR) is 65.0 cm³/mol. The minimum Gasteiger partial charge on any atom is -0.497 e. The summed E-state index contributed by atoms with van der Waals surface area (Å²) in [7, 11) is 4.75. The van der Waals surface area contributed by atoms with Crippen LogP contribution in [0, 0.1) is 0 Å². The maximum atomic E-state index is 11.9. The van der Waals surface area contributed by atoms with E-state index in [9.17, 15) is 4.79 Å². The topological polar surface area (TPSA) is 44.8 Å². The minimum atomic E-state index is 0.0688. The molecule has 4 heteroatoms. The van der Waals surface area contributed by atoms with Gasteiger partial charge in [-0.15, -0.1) is 0 Å². The molecule has 1 rings (SSSR count). The summed E-state index contributed by atoms with van der Waals surface area (Å²) in [6.07, 6.45) is 1.18. The van der Waals surface area contributed by atoms with E-state index >= 15 is 0 Å². The average Bonchev–Trinajstić information content (AvgIpc) is 2.38. The highest BCUT2D eigenvalue weighted by Gasteiger charge is 2.09. The highest BCUT2D eigenvalue weighted by Crippen LogP contribution is 2.23. The summed E-state index contributed by atoms with van der Waals surface area (Å²) in [6, 6.07) is 5.18. The van der Waals surface area contributed by atoms with E-state index in [0.717, 1.165) is 6.42 Å². The van der Waals surface area contributed by atoms with Crippen LogP contribution < -0.4 is 9.47 Å². The molecule has 17 heavy (non-hydrogen) atoms. The fourth-order valence-electron chi connectivity index (χ4n) is 1.49. The molecule has 0 heterocycles. The minimum absolute atomic E-state index is 0.0688. The van der Waals surface area contributed by atoms with E-state index in [4.69, 9.17) is 14.2 Å². The molecule has 0 atom stereocenters. The van der Waals surface area contributed by atoms with Gasteiger partial charge in [0.05, 0.1) is 14.2 Å². The molecule has 94 valence electrons. The molecule has 1 aromatic carbocycles. The first-order valence-corrected chi connectivity index (χ1v) is 5.46. The highest BCUT2D eigenvalue weighted by molar-refractivity contribution is 5.96. The molecule has 0 aromatic heterocycles. The van der Waals surface area contributed by atoms with Crippen LogP contribution in [0.4, 0.5) is 0 Å². The van der Waals surface area contributed by atoms with E-state index in [1.807, 2.05) is 0 Å². The van der Waals surface area contributed by atoms with Gasteiger partial charge in [-0.25, -0.2) is 0 Å². The first-order valence-electron chi connectivity index (χ1n) is 5.46. The van der Waals surface area contributed by atoms with Crippen LogP contribution in [-0.2, 0) is 4.74 Å². The second-order valence-corrected chi connectivity index (χ2v) is 3.62. The molecular formula is C13H18O4. The van der Waals surface area contributed by atoms with Crippen LogP contribution in [0.5, 0.6) is 11.5 Å². The van der Waals surface area contributed by atoms with Crippen molar-refractivity contribution in [3.63, 3.8) is 0 Å². The van der Waals surface area contributed by atoms with E-state index in [-0.39, 0.29) is 5.78 Å².